The number of nitrogens with zero attached hydrogens (tertiary/aromatic N) is 1. The van der Waals surface area contributed by atoms with Crippen LogP contribution in [0.25, 0.3) is 0 Å². The number of nitrogens with one attached hydrogen (secondary N) is 1. The molecular weight excluding hydrogens is 368 g/mol. The van der Waals surface area contributed by atoms with Crippen LogP contribution in [-0.2, 0) is 20.5 Å². The minimum Gasteiger partial charge on any atom is -0.469 e. The summed E-state index contributed by atoms with van der Waals surface area (Å²) in [5.74, 6) is -2.24. The number of amides is 1. The van der Waals surface area contributed by atoms with Crippen molar-refractivity contribution in [3.05, 3.63) is 29.3 Å². The Morgan fingerprint density at radius 2 is 1.93 bits per heavy atom. The Hall–Kier alpha value is -2.32. The first-order valence-corrected chi connectivity index (χ1v) is 8.68. The average Bonchev–Trinajstić information content (AvgIpc) is 2.99. The standard InChI is InChI=1S/C18H20F4N2O3/c1-27-17(26)10-4-6-24(7-5-10)14-8-11(18(20,21)22)2-3-12(14)13-9-23-16(25)15(13)19/h2-3,8,10,13,15H,4-7,9H2,1H3,(H,23,25)/t13?,15-/m0/s1. The van der Waals surface area contributed by atoms with E-state index in [1.807, 2.05) is 0 Å². The van der Waals surface area contributed by atoms with Crippen LogP contribution < -0.4 is 10.2 Å². The molecule has 2 atom stereocenters. The number of methoxy groups -OCH3 is 1. The molecule has 1 N–H and O–H groups in total. The maximum Gasteiger partial charge on any atom is 0.416 e. The highest BCUT2D eigenvalue weighted by Crippen LogP contribution is 2.39. The quantitative estimate of drug-likeness (QED) is 0.639. The Morgan fingerprint density at radius 3 is 2.44 bits per heavy atom. The summed E-state index contributed by atoms with van der Waals surface area (Å²) in [5.41, 5.74) is -0.202. The molecular formula is C18H20F4N2O3. The van der Waals surface area contributed by atoms with Crippen LogP contribution in [0.3, 0.4) is 0 Å². The van der Waals surface area contributed by atoms with Crippen LogP contribution in [0, 0.1) is 5.92 Å². The number of carbonyl (C=O) groups excluding carboxylic acids is 2. The third-order valence-electron chi connectivity index (χ3n) is 5.23. The summed E-state index contributed by atoms with van der Waals surface area (Å²) in [4.78, 5) is 24.9. The van der Waals surface area contributed by atoms with E-state index in [0.717, 1.165) is 12.1 Å². The van der Waals surface area contributed by atoms with Crippen LogP contribution in [0.5, 0.6) is 0 Å². The number of hydrogen-bond donors (Lipinski definition) is 1. The lowest BCUT2D eigenvalue weighted by Gasteiger charge is -2.35. The number of carbonyl (C=O) groups is 2. The summed E-state index contributed by atoms with van der Waals surface area (Å²) >= 11 is 0. The maximum absolute atomic E-state index is 14.2. The second-order valence-electron chi connectivity index (χ2n) is 6.81. The predicted octanol–water partition coefficient (Wildman–Crippen LogP) is 2.65. The van der Waals surface area contributed by atoms with Gasteiger partial charge in [0.25, 0.3) is 5.91 Å². The van der Waals surface area contributed by atoms with Crippen molar-refractivity contribution in [1.29, 1.82) is 0 Å². The van der Waals surface area contributed by atoms with Crippen molar-refractivity contribution < 1.29 is 31.9 Å². The summed E-state index contributed by atoms with van der Waals surface area (Å²) in [5, 5.41) is 2.41. The Kier molecular flexibility index (Phi) is 5.30. The highest BCUT2D eigenvalue weighted by atomic mass is 19.4. The largest absolute Gasteiger partial charge is 0.469 e. The minimum atomic E-state index is -4.53. The molecule has 0 saturated carbocycles. The molecule has 2 heterocycles. The maximum atomic E-state index is 14.2. The summed E-state index contributed by atoms with van der Waals surface area (Å²) in [6, 6.07) is 3.17. The van der Waals surface area contributed by atoms with Crippen LogP contribution >= 0.6 is 0 Å². The second-order valence-corrected chi connectivity index (χ2v) is 6.81. The van der Waals surface area contributed by atoms with E-state index in [4.69, 9.17) is 4.74 Å². The molecule has 0 spiro atoms. The van der Waals surface area contributed by atoms with Gasteiger partial charge in [-0.2, -0.15) is 13.2 Å². The molecule has 2 fully saturated rings. The molecule has 27 heavy (non-hydrogen) atoms. The fourth-order valence-corrected chi connectivity index (χ4v) is 3.69. The van der Waals surface area contributed by atoms with Crippen LogP contribution in [0.1, 0.15) is 29.9 Å². The Labute approximate surface area is 153 Å². The zero-order chi connectivity index (χ0) is 19.8. The first-order chi connectivity index (χ1) is 12.7. The molecule has 0 bridgehead atoms. The van der Waals surface area contributed by atoms with Crippen LogP contribution in [0.4, 0.5) is 23.2 Å². The fraction of sp³-hybridized carbons (Fsp3) is 0.556. The highest BCUT2D eigenvalue weighted by Gasteiger charge is 2.39. The first-order valence-electron chi connectivity index (χ1n) is 8.68. The fourth-order valence-electron chi connectivity index (χ4n) is 3.69. The van der Waals surface area contributed by atoms with Crippen molar-refractivity contribution in [2.75, 3.05) is 31.6 Å². The van der Waals surface area contributed by atoms with Gasteiger partial charge in [0, 0.05) is 31.2 Å². The topological polar surface area (TPSA) is 58.6 Å². The van der Waals surface area contributed by atoms with Crippen molar-refractivity contribution in [3.63, 3.8) is 0 Å². The van der Waals surface area contributed by atoms with Gasteiger partial charge in [-0.25, -0.2) is 4.39 Å². The van der Waals surface area contributed by atoms with Crippen LogP contribution in [-0.4, -0.2) is 44.8 Å². The lowest BCUT2D eigenvalue weighted by atomic mass is 9.91. The molecule has 148 valence electrons. The number of ether oxygens (including phenoxy) is 1. The molecule has 1 unspecified atom stereocenters. The SMILES string of the molecule is COC(=O)C1CCN(c2cc(C(F)(F)F)ccc2C2CNC(=O)[C@H]2F)CC1. The zero-order valence-corrected chi connectivity index (χ0v) is 14.7. The van der Waals surface area contributed by atoms with Crippen LogP contribution in [0.2, 0.25) is 0 Å². The number of piperidine rings is 1. The van der Waals surface area contributed by atoms with Gasteiger partial charge in [-0.15, -0.1) is 0 Å². The number of anilines is 1. The van der Waals surface area contributed by atoms with Gasteiger partial charge in [-0.05, 0) is 30.5 Å². The van der Waals surface area contributed by atoms with Gasteiger partial charge in [0.05, 0.1) is 18.6 Å². The van der Waals surface area contributed by atoms with Gasteiger partial charge in [-0.1, -0.05) is 6.07 Å². The van der Waals surface area contributed by atoms with E-state index < -0.39 is 29.7 Å². The number of hydrogen-bond acceptors (Lipinski definition) is 4. The normalized spacial score (nSPS) is 24.0. The number of halogens is 4. The smallest absolute Gasteiger partial charge is 0.416 e. The summed E-state index contributed by atoms with van der Waals surface area (Å²) in [7, 11) is 1.30. The van der Waals surface area contributed by atoms with Crippen molar-refractivity contribution in [3.8, 4) is 0 Å². The minimum absolute atomic E-state index is 0.0387. The van der Waals surface area contributed by atoms with Crippen molar-refractivity contribution in [2.45, 2.75) is 31.1 Å². The number of alkyl halides is 4. The van der Waals surface area contributed by atoms with E-state index in [2.05, 4.69) is 5.32 Å². The number of esters is 1. The molecule has 0 aliphatic carbocycles. The highest BCUT2D eigenvalue weighted by molar-refractivity contribution is 5.85. The molecule has 1 aromatic carbocycles. The van der Waals surface area contributed by atoms with Gasteiger partial charge in [0.1, 0.15) is 0 Å². The van der Waals surface area contributed by atoms with E-state index in [-0.39, 0.29) is 24.1 Å². The molecule has 9 heteroatoms. The van der Waals surface area contributed by atoms with Crippen molar-refractivity contribution in [1.82, 2.24) is 5.32 Å². The molecule has 1 aromatic rings. The molecule has 1 amide bonds. The molecule has 3 rings (SSSR count). The van der Waals surface area contributed by atoms with E-state index in [0.29, 0.717) is 31.5 Å². The van der Waals surface area contributed by atoms with E-state index in [9.17, 15) is 27.2 Å². The summed E-state index contributed by atoms with van der Waals surface area (Å²) in [6.07, 6.45) is -5.46. The number of rotatable bonds is 3. The summed E-state index contributed by atoms with van der Waals surface area (Å²) < 4.78 is 58.5. The van der Waals surface area contributed by atoms with Gasteiger partial charge in [-0.3, -0.25) is 9.59 Å². The molecule has 2 saturated heterocycles. The summed E-state index contributed by atoms with van der Waals surface area (Å²) in [6.45, 7) is 0.731. The molecule has 2 aliphatic rings. The van der Waals surface area contributed by atoms with Gasteiger partial charge in [0.2, 0.25) is 0 Å². The Morgan fingerprint density at radius 1 is 1.26 bits per heavy atom. The van der Waals surface area contributed by atoms with Gasteiger partial charge >= 0.3 is 12.1 Å². The van der Waals surface area contributed by atoms with Gasteiger partial charge < -0.3 is 15.0 Å². The monoisotopic (exact) mass is 388 g/mol. The number of benzene rings is 1. The van der Waals surface area contributed by atoms with Crippen LogP contribution in [0.15, 0.2) is 18.2 Å². The third-order valence-corrected chi connectivity index (χ3v) is 5.23. The van der Waals surface area contributed by atoms with E-state index in [1.54, 1.807) is 4.90 Å². The van der Waals surface area contributed by atoms with Crippen molar-refractivity contribution >= 4 is 17.6 Å². The molecule has 0 radical (unpaired) electrons. The molecule has 5 nitrogen and oxygen atoms in total. The van der Waals surface area contributed by atoms with E-state index in [1.165, 1.54) is 13.2 Å². The first kappa shape index (κ1) is 19.4. The molecule has 2 aliphatic heterocycles. The Bertz CT molecular complexity index is 730. The lowest BCUT2D eigenvalue weighted by molar-refractivity contribution is -0.146. The van der Waals surface area contributed by atoms with Crippen molar-refractivity contribution in [2.24, 2.45) is 5.92 Å². The Balaban J connectivity index is 1.92. The lowest BCUT2D eigenvalue weighted by Crippen LogP contribution is -2.37. The van der Waals surface area contributed by atoms with E-state index >= 15 is 0 Å². The zero-order valence-electron chi connectivity index (χ0n) is 14.7. The average molecular weight is 388 g/mol. The third kappa shape index (κ3) is 3.86. The molecule has 0 aromatic heterocycles. The second kappa shape index (κ2) is 7.36. The predicted molar refractivity (Wildman–Crippen MR) is 89.0 cm³/mol. The van der Waals surface area contributed by atoms with Gasteiger partial charge in [0.15, 0.2) is 6.17 Å².